The van der Waals surface area contributed by atoms with Crippen molar-refractivity contribution in [1.82, 2.24) is 10.2 Å². The van der Waals surface area contributed by atoms with E-state index in [-0.39, 0.29) is 5.91 Å². The van der Waals surface area contributed by atoms with Crippen molar-refractivity contribution in [3.8, 4) is 0 Å². The number of carbonyl (C=O) groups is 1. The summed E-state index contributed by atoms with van der Waals surface area (Å²) in [5, 5.41) is 5.58. The molecule has 1 aliphatic rings. The molecule has 19 heavy (non-hydrogen) atoms. The third kappa shape index (κ3) is 5.05. The van der Waals surface area contributed by atoms with Crippen molar-refractivity contribution >= 4 is 5.91 Å². The summed E-state index contributed by atoms with van der Waals surface area (Å²) in [5.74, 6) is -0.155. The van der Waals surface area contributed by atoms with Crippen LogP contribution in [-0.4, -0.2) is 56.6 Å². The lowest BCUT2D eigenvalue weighted by Crippen LogP contribution is -2.43. The summed E-state index contributed by atoms with van der Waals surface area (Å²) in [5.41, 5.74) is 1.11. The van der Waals surface area contributed by atoms with Gasteiger partial charge in [0.1, 0.15) is 5.70 Å². The van der Waals surface area contributed by atoms with Crippen LogP contribution in [0.3, 0.4) is 0 Å². The number of quaternary nitrogens is 1. The maximum atomic E-state index is 12.0. The second-order valence-electron chi connectivity index (χ2n) is 5.46. The van der Waals surface area contributed by atoms with Crippen molar-refractivity contribution in [2.75, 3.05) is 41.3 Å². The van der Waals surface area contributed by atoms with E-state index in [0.717, 1.165) is 11.0 Å². The van der Waals surface area contributed by atoms with Gasteiger partial charge in [-0.3, -0.25) is 4.79 Å². The number of hydrogen-bond acceptors (Lipinski definition) is 4. The second-order valence-corrected chi connectivity index (χ2v) is 5.46. The lowest BCUT2D eigenvalue weighted by Gasteiger charge is -2.25. The molecular weight excluding hydrogens is 244 g/mol. The van der Waals surface area contributed by atoms with Gasteiger partial charge in [0.2, 0.25) is 0 Å². The van der Waals surface area contributed by atoms with Crippen LogP contribution >= 0.6 is 0 Å². The molecule has 0 saturated carbocycles. The molecule has 1 N–H and O–H groups in total. The van der Waals surface area contributed by atoms with E-state index in [1.54, 1.807) is 30.3 Å². The van der Waals surface area contributed by atoms with Crippen molar-refractivity contribution < 1.29 is 9.28 Å². The molecule has 0 atom stereocenters. The second kappa shape index (κ2) is 6.29. The maximum absolute atomic E-state index is 12.0. The molecule has 1 rings (SSSR count). The summed E-state index contributed by atoms with van der Waals surface area (Å²) in [6, 6.07) is 0. The first kappa shape index (κ1) is 15.1. The first-order valence-electron chi connectivity index (χ1n) is 6.07. The van der Waals surface area contributed by atoms with Crippen LogP contribution in [0.25, 0.3) is 0 Å². The van der Waals surface area contributed by atoms with Crippen LogP contribution < -0.4 is 5.32 Å². The summed E-state index contributed by atoms with van der Waals surface area (Å²) < 4.78 is 0.787. The van der Waals surface area contributed by atoms with E-state index in [1.807, 2.05) is 0 Å². The first-order chi connectivity index (χ1) is 8.83. The Kier molecular flexibility index (Phi) is 5.00. The molecule has 1 aliphatic heterocycles. The monoisotopic (exact) mass is 265 g/mol. The highest BCUT2D eigenvalue weighted by molar-refractivity contribution is 5.93. The molecule has 0 aromatic heterocycles. The fourth-order valence-corrected chi connectivity index (χ4v) is 1.55. The highest BCUT2D eigenvalue weighted by Gasteiger charge is 2.16. The van der Waals surface area contributed by atoms with Crippen molar-refractivity contribution in [2.45, 2.75) is 0 Å². The smallest absolute Gasteiger partial charge is 0.268 e. The van der Waals surface area contributed by atoms with Gasteiger partial charge in [0.15, 0.2) is 0 Å². The van der Waals surface area contributed by atoms with Gasteiger partial charge in [-0.05, 0) is 22.9 Å². The number of hydrogen-bond donors (Lipinski definition) is 1. The molecule has 1 amide bonds. The Bertz CT molecular complexity index is 444. The zero-order chi connectivity index (χ0) is 14.5. The zero-order valence-corrected chi connectivity index (χ0v) is 11.9. The highest BCUT2D eigenvalue weighted by atomic mass is 16.2. The van der Waals surface area contributed by atoms with Gasteiger partial charge in [-0.1, -0.05) is 0 Å². The normalized spacial score (nSPS) is 17.4. The molecule has 104 valence electrons. The Balaban J connectivity index is 2.65. The summed E-state index contributed by atoms with van der Waals surface area (Å²) >= 11 is 0. The van der Waals surface area contributed by atoms with Crippen molar-refractivity contribution in [2.24, 2.45) is 5.18 Å². The predicted octanol–water partition coefficient (Wildman–Crippen LogP) is 0.802. The molecule has 0 saturated heterocycles. The summed E-state index contributed by atoms with van der Waals surface area (Å²) in [6.07, 6.45) is 6.28. The van der Waals surface area contributed by atoms with Crippen LogP contribution in [0.2, 0.25) is 0 Å². The van der Waals surface area contributed by atoms with Crippen LogP contribution in [0.15, 0.2) is 41.0 Å². The quantitative estimate of drug-likeness (QED) is 0.591. The topological polar surface area (TPSA) is 61.8 Å². The standard InChI is InChI=1S/C13H20N4O2/c1-16-7-5-11(10-15-19)9-12(16)13(18)14-6-8-17(2,3)4/h5,7,9-10H,6,8H2,1-4H3/p+1. The van der Waals surface area contributed by atoms with E-state index >= 15 is 0 Å². The van der Waals surface area contributed by atoms with E-state index in [1.165, 1.54) is 6.20 Å². The molecule has 1 heterocycles. The average Bonchev–Trinajstić information content (AvgIpc) is 2.30. The predicted molar refractivity (Wildman–Crippen MR) is 74.8 cm³/mol. The van der Waals surface area contributed by atoms with Gasteiger partial charge in [0.05, 0.1) is 40.4 Å². The van der Waals surface area contributed by atoms with Crippen LogP contribution in [-0.2, 0) is 4.79 Å². The van der Waals surface area contributed by atoms with E-state index in [2.05, 4.69) is 31.6 Å². The molecule has 0 aromatic carbocycles. The number of carbonyl (C=O) groups excluding carboxylic acids is 1. The van der Waals surface area contributed by atoms with E-state index < -0.39 is 0 Å². The Labute approximate surface area is 113 Å². The third-order valence-corrected chi connectivity index (χ3v) is 2.68. The van der Waals surface area contributed by atoms with Crippen LogP contribution in [0, 0.1) is 4.91 Å². The SMILES string of the molecule is CN1C=CC(=CN=O)C=C1C(=O)NCC[N+](C)(C)C. The molecule has 0 aromatic rings. The third-order valence-electron chi connectivity index (χ3n) is 2.68. The molecule has 0 bridgehead atoms. The average molecular weight is 265 g/mol. The number of nitroso groups, excluding NO2 is 1. The highest BCUT2D eigenvalue weighted by Crippen LogP contribution is 2.15. The number of nitrogens with one attached hydrogen (secondary N) is 1. The van der Waals surface area contributed by atoms with Crippen molar-refractivity contribution in [3.05, 3.63) is 40.7 Å². The van der Waals surface area contributed by atoms with Crippen molar-refractivity contribution in [3.63, 3.8) is 0 Å². The number of allylic oxidation sites excluding steroid dienone is 3. The van der Waals surface area contributed by atoms with Crippen molar-refractivity contribution in [1.29, 1.82) is 0 Å². The molecule has 0 aliphatic carbocycles. The van der Waals surface area contributed by atoms with Gasteiger partial charge in [0.25, 0.3) is 5.91 Å². The van der Waals surface area contributed by atoms with Crippen LogP contribution in [0.5, 0.6) is 0 Å². The summed E-state index contributed by atoms with van der Waals surface area (Å²) in [4.78, 5) is 24.0. The number of amides is 1. The Morgan fingerprint density at radius 2 is 2.16 bits per heavy atom. The molecule has 0 unspecified atom stereocenters. The maximum Gasteiger partial charge on any atom is 0.268 e. The Morgan fingerprint density at radius 1 is 1.47 bits per heavy atom. The summed E-state index contributed by atoms with van der Waals surface area (Å²) in [7, 11) is 7.99. The van der Waals surface area contributed by atoms with Gasteiger partial charge in [-0.2, -0.15) is 0 Å². The lowest BCUT2D eigenvalue weighted by molar-refractivity contribution is -0.869. The molecule has 0 spiro atoms. The molecule has 0 radical (unpaired) electrons. The molecule has 6 nitrogen and oxygen atoms in total. The molecule has 6 heteroatoms. The Morgan fingerprint density at radius 3 is 2.74 bits per heavy atom. The minimum atomic E-state index is -0.155. The molecular formula is C13H21N4O2+. The van der Waals surface area contributed by atoms with E-state index in [0.29, 0.717) is 17.8 Å². The van der Waals surface area contributed by atoms with Gasteiger partial charge >= 0.3 is 0 Å². The summed E-state index contributed by atoms with van der Waals surface area (Å²) in [6.45, 7) is 1.44. The first-order valence-corrected chi connectivity index (χ1v) is 6.07. The minimum absolute atomic E-state index is 0.155. The fraction of sp³-hybridized carbons (Fsp3) is 0.462. The van der Waals surface area contributed by atoms with Gasteiger partial charge in [0, 0.05) is 13.2 Å². The van der Waals surface area contributed by atoms with Gasteiger partial charge in [-0.15, -0.1) is 4.91 Å². The van der Waals surface area contributed by atoms with E-state index in [4.69, 9.17) is 0 Å². The van der Waals surface area contributed by atoms with Crippen LogP contribution in [0.4, 0.5) is 0 Å². The van der Waals surface area contributed by atoms with Gasteiger partial charge < -0.3 is 14.7 Å². The minimum Gasteiger partial charge on any atom is -0.347 e. The lowest BCUT2D eigenvalue weighted by atomic mass is 10.1. The number of likely N-dealkylation sites (N-methyl/N-ethyl adjacent to an activating group) is 2. The van der Waals surface area contributed by atoms with Gasteiger partial charge in [-0.25, -0.2) is 0 Å². The Hall–Kier alpha value is -1.95. The number of rotatable bonds is 5. The van der Waals surface area contributed by atoms with E-state index in [9.17, 15) is 9.70 Å². The fourth-order valence-electron chi connectivity index (χ4n) is 1.55. The van der Waals surface area contributed by atoms with Crippen LogP contribution in [0.1, 0.15) is 0 Å². The largest absolute Gasteiger partial charge is 0.347 e. The zero-order valence-electron chi connectivity index (χ0n) is 11.9. The molecule has 0 fully saturated rings. The number of nitrogens with zero attached hydrogens (tertiary/aromatic N) is 3.